The number of benzene rings is 1. The third kappa shape index (κ3) is 3.11. The van der Waals surface area contributed by atoms with Crippen LogP contribution in [0.25, 0.3) is 0 Å². The Kier molecular flexibility index (Phi) is 3.70. The van der Waals surface area contributed by atoms with E-state index < -0.39 is 0 Å². The number of hydrogen-bond acceptors (Lipinski definition) is 4. The van der Waals surface area contributed by atoms with Gasteiger partial charge in [-0.05, 0) is 35.4 Å². The first kappa shape index (κ1) is 13.4. The highest BCUT2D eigenvalue weighted by atomic mass is 35.5. The van der Waals surface area contributed by atoms with Crippen LogP contribution >= 0.6 is 11.6 Å². The van der Waals surface area contributed by atoms with E-state index in [1.807, 2.05) is 18.2 Å². The fourth-order valence-corrected chi connectivity index (χ4v) is 2.10. The van der Waals surface area contributed by atoms with E-state index >= 15 is 0 Å². The molecule has 3 rings (SSSR count). The molecule has 0 saturated carbocycles. The first-order valence-corrected chi connectivity index (χ1v) is 6.56. The molecule has 0 atom stereocenters. The number of anilines is 1. The predicted molar refractivity (Wildman–Crippen MR) is 77.2 cm³/mol. The van der Waals surface area contributed by atoms with Crippen molar-refractivity contribution < 1.29 is 9.21 Å². The smallest absolute Gasteiger partial charge is 0.260 e. The molecule has 7 heteroatoms. The van der Waals surface area contributed by atoms with Gasteiger partial charge in [0.1, 0.15) is 12.7 Å². The molecule has 0 spiro atoms. The molecule has 21 heavy (non-hydrogen) atoms. The lowest BCUT2D eigenvalue weighted by molar-refractivity contribution is 0.102. The number of carbonyl (C=O) groups is 1. The fourth-order valence-electron chi connectivity index (χ4n) is 1.90. The van der Waals surface area contributed by atoms with E-state index in [2.05, 4.69) is 15.4 Å². The monoisotopic (exact) mass is 302 g/mol. The zero-order chi connectivity index (χ0) is 14.7. The van der Waals surface area contributed by atoms with Crippen LogP contribution in [-0.4, -0.2) is 20.7 Å². The van der Waals surface area contributed by atoms with E-state index in [-0.39, 0.29) is 11.1 Å². The van der Waals surface area contributed by atoms with Gasteiger partial charge in [0.25, 0.3) is 5.91 Å². The second-order valence-electron chi connectivity index (χ2n) is 4.36. The highest BCUT2D eigenvalue weighted by Crippen LogP contribution is 2.19. The summed E-state index contributed by atoms with van der Waals surface area (Å²) in [6.45, 7) is 0.580. The quantitative estimate of drug-likeness (QED) is 0.804. The molecule has 0 radical (unpaired) electrons. The van der Waals surface area contributed by atoms with Gasteiger partial charge in [-0.2, -0.15) is 5.10 Å². The van der Waals surface area contributed by atoms with E-state index in [4.69, 9.17) is 16.0 Å². The Balaban J connectivity index is 1.74. The number of furan rings is 1. The summed E-state index contributed by atoms with van der Waals surface area (Å²) >= 11 is 5.78. The van der Waals surface area contributed by atoms with Crippen molar-refractivity contribution in [3.8, 4) is 0 Å². The van der Waals surface area contributed by atoms with E-state index in [0.717, 1.165) is 5.56 Å². The van der Waals surface area contributed by atoms with Crippen LogP contribution in [0.15, 0.2) is 53.7 Å². The lowest BCUT2D eigenvalue weighted by Crippen LogP contribution is -2.11. The van der Waals surface area contributed by atoms with Crippen molar-refractivity contribution in [1.29, 1.82) is 0 Å². The first-order chi connectivity index (χ1) is 10.2. The Morgan fingerprint density at radius 2 is 2.29 bits per heavy atom. The summed E-state index contributed by atoms with van der Waals surface area (Å²) in [4.78, 5) is 15.9. The number of halogens is 1. The molecule has 2 aromatic heterocycles. The molecule has 1 N–H and O–H groups in total. The molecule has 2 heterocycles. The van der Waals surface area contributed by atoms with E-state index in [1.54, 1.807) is 17.1 Å². The maximum atomic E-state index is 12.0. The summed E-state index contributed by atoms with van der Waals surface area (Å²) < 4.78 is 6.61. The van der Waals surface area contributed by atoms with Crippen LogP contribution in [0.3, 0.4) is 0 Å². The molecule has 0 fully saturated rings. The highest BCUT2D eigenvalue weighted by molar-refractivity contribution is 6.32. The van der Waals surface area contributed by atoms with Crippen LogP contribution in [0.2, 0.25) is 5.22 Å². The van der Waals surface area contributed by atoms with Crippen LogP contribution in [0.1, 0.15) is 15.9 Å². The minimum absolute atomic E-state index is 0.0753. The standard InChI is InChI=1S/C14H11ClN4O2/c15-13-12(4-5-21-13)14(20)18-11-3-1-2-10(6-11)7-19-9-16-8-17-19/h1-6,8-9H,7H2,(H,18,20). The van der Waals surface area contributed by atoms with Gasteiger partial charge in [-0.1, -0.05) is 12.1 Å². The van der Waals surface area contributed by atoms with E-state index in [1.165, 1.54) is 18.7 Å². The highest BCUT2D eigenvalue weighted by Gasteiger charge is 2.13. The second kappa shape index (κ2) is 5.80. The molecule has 106 valence electrons. The topological polar surface area (TPSA) is 73.0 Å². The molecule has 3 aromatic rings. The summed E-state index contributed by atoms with van der Waals surface area (Å²) in [5.41, 5.74) is 1.98. The zero-order valence-corrected chi connectivity index (χ0v) is 11.6. The van der Waals surface area contributed by atoms with Crippen molar-refractivity contribution in [3.63, 3.8) is 0 Å². The SMILES string of the molecule is O=C(Nc1cccc(Cn2cncn2)c1)c1ccoc1Cl. The maximum Gasteiger partial charge on any atom is 0.260 e. The van der Waals surface area contributed by atoms with Gasteiger partial charge in [-0.15, -0.1) is 0 Å². The molecular formula is C14H11ClN4O2. The number of aromatic nitrogens is 3. The lowest BCUT2D eigenvalue weighted by Gasteiger charge is -2.07. The average Bonchev–Trinajstić information content (AvgIpc) is 3.10. The third-order valence-corrected chi connectivity index (χ3v) is 3.15. The number of nitrogens with zero attached hydrogens (tertiary/aromatic N) is 3. The second-order valence-corrected chi connectivity index (χ2v) is 4.70. The first-order valence-electron chi connectivity index (χ1n) is 6.18. The largest absolute Gasteiger partial charge is 0.452 e. The molecule has 1 amide bonds. The van der Waals surface area contributed by atoms with E-state index in [0.29, 0.717) is 17.8 Å². The molecule has 0 aliphatic rings. The molecule has 1 aromatic carbocycles. The lowest BCUT2D eigenvalue weighted by atomic mass is 10.2. The number of nitrogens with one attached hydrogen (secondary N) is 1. The Labute approximate surface area is 125 Å². The Bertz CT molecular complexity index is 752. The summed E-state index contributed by atoms with van der Waals surface area (Å²) in [5, 5.41) is 6.89. The van der Waals surface area contributed by atoms with Crippen molar-refractivity contribution >= 4 is 23.2 Å². The Morgan fingerprint density at radius 1 is 1.38 bits per heavy atom. The van der Waals surface area contributed by atoms with Crippen molar-refractivity contribution in [2.24, 2.45) is 0 Å². The molecule has 0 saturated heterocycles. The van der Waals surface area contributed by atoms with E-state index in [9.17, 15) is 4.79 Å². The minimum Gasteiger partial charge on any atom is -0.452 e. The Hall–Kier alpha value is -2.60. The fraction of sp³-hybridized carbons (Fsp3) is 0.0714. The van der Waals surface area contributed by atoms with Crippen molar-refractivity contribution in [2.75, 3.05) is 5.32 Å². The molecule has 0 unspecified atom stereocenters. The average molecular weight is 303 g/mol. The van der Waals surface area contributed by atoms with Crippen LogP contribution in [0, 0.1) is 0 Å². The number of carbonyl (C=O) groups excluding carboxylic acids is 1. The summed E-state index contributed by atoms with van der Waals surface area (Å²) in [7, 11) is 0. The normalized spacial score (nSPS) is 10.5. The van der Waals surface area contributed by atoms with Crippen LogP contribution < -0.4 is 5.32 Å². The third-order valence-electron chi connectivity index (χ3n) is 2.86. The van der Waals surface area contributed by atoms with Gasteiger partial charge in [0, 0.05) is 5.69 Å². The molecule has 0 aliphatic heterocycles. The molecule has 6 nitrogen and oxygen atoms in total. The van der Waals surface area contributed by atoms with Crippen molar-refractivity contribution in [3.05, 3.63) is 65.6 Å². The minimum atomic E-state index is -0.313. The Morgan fingerprint density at radius 3 is 3.00 bits per heavy atom. The summed E-state index contributed by atoms with van der Waals surface area (Å²) in [5.74, 6) is -0.313. The van der Waals surface area contributed by atoms with Crippen molar-refractivity contribution in [2.45, 2.75) is 6.54 Å². The van der Waals surface area contributed by atoms with Gasteiger partial charge in [0.2, 0.25) is 5.22 Å². The van der Waals surface area contributed by atoms with Gasteiger partial charge in [0.15, 0.2) is 0 Å². The molecule has 0 bridgehead atoms. The molecular weight excluding hydrogens is 292 g/mol. The number of amides is 1. The number of rotatable bonds is 4. The number of hydrogen-bond donors (Lipinski definition) is 1. The van der Waals surface area contributed by atoms with Crippen molar-refractivity contribution in [1.82, 2.24) is 14.8 Å². The van der Waals surface area contributed by atoms with Gasteiger partial charge in [0.05, 0.1) is 18.4 Å². The van der Waals surface area contributed by atoms with Gasteiger partial charge < -0.3 is 9.73 Å². The summed E-state index contributed by atoms with van der Waals surface area (Å²) in [6.07, 6.45) is 4.49. The van der Waals surface area contributed by atoms with Crippen LogP contribution in [0.4, 0.5) is 5.69 Å². The van der Waals surface area contributed by atoms with Crippen LogP contribution in [0.5, 0.6) is 0 Å². The summed E-state index contributed by atoms with van der Waals surface area (Å²) in [6, 6.07) is 9.00. The van der Waals surface area contributed by atoms with Gasteiger partial charge in [-0.3, -0.25) is 4.79 Å². The van der Waals surface area contributed by atoms with Gasteiger partial charge >= 0.3 is 0 Å². The predicted octanol–water partition coefficient (Wildman–Crippen LogP) is 2.83. The van der Waals surface area contributed by atoms with Gasteiger partial charge in [-0.25, -0.2) is 9.67 Å². The maximum absolute atomic E-state index is 12.0. The zero-order valence-electron chi connectivity index (χ0n) is 10.9. The van der Waals surface area contributed by atoms with Crippen LogP contribution in [-0.2, 0) is 6.54 Å². The molecule has 0 aliphatic carbocycles.